The molecule has 5 atom stereocenters. The third-order valence-electron chi connectivity index (χ3n) is 19.5. The number of carbonyl (C=O) groups excluding carboxylic acids is 4. The van der Waals surface area contributed by atoms with Gasteiger partial charge in [0, 0.05) is 25.7 Å². The fourth-order valence-electron chi connectivity index (χ4n) is 12.9. The van der Waals surface area contributed by atoms with E-state index in [1.54, 1.807) is 0 Å². The monoisotopic (exact) mass is 1490 g/mol. The number of hydrogen-bond acceptors (Lipinski definition) is 15. The lowest BCUT2D eigenvalue weighted by atomic mass is 10.0. The maximum atomic E-state index is 13.1. The zero-order valence-corrected chi connectivity index (χ0v) is 68.5. The molecular formula is C83H162O17P2. The Morgan fingerprint density at radius 2 is 0.451 bits per heavy atom. The van der Waals surface area contributed by atoms with Crippen LogP contribution in [-0.4, -0.2) is 96.7 Å². The van der Waals surface area contributed by atoms with Crippen LogP contribution >= 0.6 is 15.6 Å². The first-order valence-corrected chi connectivity index (χ1v) is 46.1. The van der Waals surface area contributed by atoms with Gasteiger partial charge in [-0.15, -0.1) is 0 Å². The van der Waals surface area contributed by atoms with Crippen molar-refractivity contribution in [2.75, 3.05) is 39.6 Å². The molecule has 2 unspecified atom stereocenters. The largest absolute Gasteiger partial charge is 0.472 e. The van der Waals surface area contributed by atoms with Crippen molar-refractivity contribution in [3.8, 4) is 0 Å². The minimum Gasteiger partial charge on any atom is -0.462 e. The molecule has 0 amide bonds. The average Bonchev–Trinajstić information content (AvgIpc) is 0.918. The van der Waals surface area contributed by atoms with E-state index in [2.05, 4.69) is 34.6 Å². The summed E-state index contributed by atoms with van der Waals surface area (Å²) in [6.45, 7) is 7.34. The highest BCUT2D eigenvalue weighted by molar-refractivity contribution is 7.47. The Hall–Kier alpha value is -1.94. The second kappa shape index (κ2) is 75.9. The summed E-state index contributed by atoms with van der Waals surface area (Å²) in [4.78, 5) is 73.1. The molecule has 19 heteroatoms. The quantitative estimate of drug-likeness (QED) is 0.0222. The van der Waals surface area contributed by atoms with E-state index < -0.39 is 97.5 Å². The van der Waals surface area contributed by atoms with E-state index in [0.29, 0.717) is 25.7 Å². The molecule has 0 aromatic rings. The molecule has 17 nitrogen and oxygen atoms in total. The first kappa shape index (κ1) is 100. The van der Waals surface area contributed by atoms with Gasteiger partial charge in [0.2, 0.25) is 0 Å². The van der Waals surface area contributed by atoms with Crippen LogP contribution in [0.2, 0.25) is 0 Å². The molecule has 0 bridgehead atoms. The molecule has 0 aliphatic carbocycles. The fourth-order valence-corrected chi connectivity index (χ4v) is 14.5. The molecule has 0 heterocycles. The molecule has 0 fully saturated rings. The Bertz CT molecular complexity index is 1940. The predicted octanol–water partition coefficient (Wildman–Crippen LogP) is 25.2. The molecule has 0 aromatic carbocycles. The molecule has 0 saturated heterocycles. The number of aliphatic hydroxyl groups excluding tert-OH is 1. The van der Waals surface area contributed by atoms with E-state index in [0.717, 1.165) is 95.8 Å². The van der Waals surface area contributed by atoms with Gasteiger partial charge in [0.25, 0.3) is 0 Å². The van der Waals surface area contributed by atoms with Crippen molar-refractivity contribution < 1.29 is 80.2 Å². The minimum absolute atomic E-state index is 0.107. The number of rotatable bonds is 83. The minimum atomic E-state index is -4.96. The van der Waals surface area contributed by atoms with Gasteiger partial charge in [-0.05, 0) is 31.6 Å². The number of aliphatic hydroxyl groups is 1. The summed E-state index contributed by atoms with van der Waals surface area (Å²) in [5, 5.41) is 10.7. The Morgan fingerprint density at radius 1 is 0.265 bits per heavy atom. The first-order chi connectivity index (χ1) is 49.5. The number of carbonyl (C=O) groups is 4. The summed E-state index contributed by atoms with van der Waals surface area (Å²) >= 11 is 0. The summed E-state index contributed by atoms with van der Waals surface area (Å²) < 4.78 is 68.8. The number of ether oxygens (including phenoxy) is 4. The lowest BCUT2D eigenvalue weighted by Gasteiger charge is -2.21. The summed E-state index contributed by atoms with van der Waals surface area (Å²) in [6, 6.07) is 0. The van der Waals surface area contributed by atoms with E-state index in [-0.39, 0.29) is 25.7 Å². The Labute approximate surface area is 626 Å². The van der Waals surface area contributed by atoms with Crippen LogP contribution < -0.4 is 0 Å². The average molecular weight is 1490 g/mol. The van der Waals surface area contributed by atoms with Crippen molar-refractivity contribution in [2.24, 2.45) is 5.92 Å². The van der Waals surface area contributed by atoms with Gasteiger partial charge >= 0.3 is 39.5 Å². The summed E-state index contributed by atoms with van der Waals surface area (Å²) in [5.41, 5.74) is 0. The van der Waals surface area contributed by atoms with Crippen LogP contribution in [0.1, 0.15) is 446 Å². The third-order valence-corrected chi connectivity index (χ3v) is 21.4. The van der Waals surface area contributed by atoms with Gasteiger partial charge in [0.1, 0.15) is 19.3 Å². The Morgan fingerprint density at radius 3 is 0.667 bits per heavy atom. The van der Waals surface area contributed by atoms with Crippen LogP contribution in [0.3, 0.4) is 0 Å². The molecule has 0 spiro atoms. The van der Waals surface area contributed by atoms with E-state index >= 15 is 0 Å². The summed E-state index contributed by atoms with van der Waals surface area (Å²) in [5.74, 6) is -1.35. The zero-order valence-electron chi connectivity index (χ0n) is 66.8. The summed E-state index contributed by atoms with van der Waals surface area (Å²) in [6.07, 6.45) is 67.9. The number of esters is 4. The van der Waals surface area contributed by atoms with Crippen LogP contribution in [0.5, 0.6) is 0 Å². The highest BCUT2D eigenvalue weighted by Crippen LogP contribution is 2.45. The number of phosphoric ester groups is 2. The lowest BCUT2D eigenvalue weighted by molar-refractivity contribution is -0.161. The number of phosphoric acid groups is 2. The van der Waals surface area contributed by atoms with Crippen molar-refractivity contribution in [3.63, 3.8) is 0 Å². The van der Waals surface area contributed by atoms with Crippen molar-refractivity contribution in [2.45, 2.75) is 464 Å². The van der Waals surface area contributed by atoms with Crippen molar-refractivity contribution in [1.29, 1.82) is 0 Å². The molecule has 102 heavy (non-hydrogen) atoms. The van der Waals surface area contributed by atoms with Crippen molar-refractivity contribution in [1.82, 2.24) is 0 Å². The van der Waals surface area contributed by atoms with E-state index in [1.165, 1.54) is 270 Å². The van der Waals surface area contributed by atoms with Crippen LogP contribution in [-0.2, 0) is 65.4 Å². The standard InChI is InChI=1S/C83H162O17P2/c1-6-9-12-15-18-21-24-27-29-31-32-33-34-36-39-42-48-53-58-63-68-82(87)99-78(72-94-81(86)67-62-57-52-47-41-38-35-30-28-25-22-19-16-13-10-7-2)74-97-101(89,90)95-70-77(84)71-96-102(91,92)98-75-79(100-83(88)69-64-59-54-49-44-43-45-50-55-60-65-76(4)5)73-93-80(85)66-61-56-51-46-40-37-26-23-20-17-14-11-8-3/h76-79,84H,6-75H2,1-5H3,(H,89,90)(H,91,92)/t77-,78-,79-/m1/s1. The normalized spacial score (nSPS) is 13.8. The van der Waals surface area contributed by atoms with Gasteiger partial charge in [-0.25, -0.2) is 9.13 Å². The SMILES string of the molecule is CCCCCCCCCCCCCCCCCCCCCCC(=O)O[C@H](COC(=O)CCCCCCCCCCCCCCCCCC)COP(=O)(O)OC[C@@H](O)COP(=O)(O)OC[C@@H](COC(=O)CCCCCCCCCCCCCCC)OC(=O)CCCCCCCCCCCCC(C)C. The molecule has 0 radical (unpaired) electrons. The Kier molecular flexibility index (Phi) is 74.4. The highest BCUT2D eigenvalue weighted by atomic mass is 31.2. The topological polar surface area (TPSA) is 237 Å². The van der Waals surface area contributed by atoms with Crippen LogP contribution in [0.15, 0.2) is 0 Å². The highest BCUT2D eigenvalue weighted by Gasteiger charge is 2.30. The second-order valence-corrected chi connectivity index (χ2v) is 33.3. The predicted molar refractivity (Wildman–Crippen MR) is 418 cm³/mol. The second-order valence-electron chi connectivity index (χ2n) is 30.3. The van der Waals surface area contributed by atoms with E-state index in [9.17, 15) is 43.2 Å². The molecule has 0 saturated carbocycles. The van der Waals surface area contributed by atoms with Gasteiger partial charge in [0.15, 0.2) is 12.2 Å². The third kappa shape index (κ3) is 76.3. The maximum Gasteiger partial charge on any atom is 0.472 e. The van der Waals surface area contributed by atoms with Gasteiger partial charge < -0.3 is 33.8 Å². The molecule has 0 rings (SSSR count). The lowest BCUT2D eigenvalue weighted by Crippen LogP contribution is -2.30. The molecular weight excluding hydrogens is 1330 g/mol. The fraction of sp³-hybridized carbons (Fsp3) is 0.952. The Balaban J connectivity index is 5.25. The first-order valence-electron chi connectivity index (χ1n) is 43.1. The molecule has 0 aliphatic rings. The van der Waals surface area contributed by atoms with Crippen LogP contribution in [0.4, 0.5) is 0 Å². The zero-order chi connectivity index (χ0) is 74.8. The van der Waals surface area contributed by atoms with Crippen LogP contribution in [0.25, 0.3) is 0 Å². The smallest absolute Gasteiger partial charge is 0.462 e. The summed E-state index contributed by atoms with van der Waals surface area (Å²) in [7, 11) is -9.92. The maximum absolute atomic E-state index is 13.1. The van der Waals surface area contributed by atoms with E-state index in [4.69, 9.17) is 37.0 Å². The van der Waals surface area contributed by atoms with Gasteiger partial charge in [-0.3, -0.25) is 37.3 Å². The van der Waals surface area contributed by atoms with Crippen molar-refractivity contribution in [3.05, 3.63) is 0 Å². The van der Waals surface area contributed by atoms with Crippen molar-refractivity contribution >= 4 is 39.5 Å². The van der Waals surface area contributed by atoms with Gasteiger partial charge in [0.05, 0.1) is 26.4 Å². The molecule has 0 aliphatic heterocycles. The number of hydrogen-bond donors (Lipinski definition) is 3. The number of unbranched alkanes of at least 4 members (excludes halogenated alkanes) is 55. The molecule has 0 aromatic heterocycles. The van der Waals surface area contributed by atoms with Gasteiger partial charge in [-0.1, -0.05) is 394 Å². The molecule has 3 N–H and O–H groups in total. The van der Waals surface area contributed by atoms with Crippen LogP contribution in [0, 0.1) is 5.92 Å². The van der Waals surface area contributed by atoms with Gasteiger partial charge in [-0.2, -0.15) is 0 Å². The molecule has 606 valence electrons. The van der Waals surface area contributed by atoms with E-state index in [1.807, 2.05) is 0 Å².